The van der Waals surface area contributed by atoms with E-state index in [4.69, 9.17) is 5.26 Å². The van der Waals surface area contributed by atoms with Gasteiger partial charge in [-0.05, 0) is 24.3 Å². The summed E-state index contributed by atoms with van der Waals surface area (Å²) in [5.74, 6) is -0.515. The van der Waals surface area contributed by atoms with Gasteiger partial charge in [0, 0.05) is 18.9 Å². The van der Waals surface area contributed by atoms with E-state index in [0.29, 0.717) is 12.2 Å². The summed E-state index contributed by atoms with van der Waals surface area (Å²) in [6, 6.07) is 8.10. The minimum Gasteiger partial charge on any atom is -0.379 e. The van der Waals surface area contributed by atoms with E-state index in [1.54, 1.807) is 16.8 Å². The van der Waals surface area contributed by atoms with Crippen LogP contribution in [0.5, 0.6) is 0 Å². The first-order chi connectivity index (χ1) is 8.19. The van der Waals surface area contributed by atoms with E-state index in [1.165, 1.54) is 12.1 Å². The normalized spacial score (nSPS) is 9.94. The van der Waals surface area contributed by atoms with Gasteiger partial charge in [0.2, 0.25) is 0 Å². The van der Waals surface area contributed by atoms with Crippen molar-refractivity contribution in [1.29, 1.82) is 5.26 Å². The number of aryl methyl sites for hydroxylation is 1. The van der Waals surface area contributed by atoms with Crippen molar-refractivity contribution in [3.8, 4) is 6.07 Å². The fourth-order valence-corrected chi connectivity index (χ4v) is 1.47. The maximum Gasteiger partial charge on any atom is 0.143 e. The Kier molecular flexibility index (Phi) is 3.06. The average Bonchev–Trinajstić information content (AvgIpc) is 2.73. The number of hydrogen-bond donors (Lipinski definition) is 1. The maximum atomic E-state index is 13.3. The van der Waals surface area contributed by atoms with Crippen LogP contribution < -0.4 is 5.32 Å². The molecule has 0 bridgehead atoms. The molecule has 0 aliphatic carbocycles. The van der Waals surface area contributed by atoms with Gasteiger partial charge in [-0.3, -0.25) is 4.68 Å². The molecule has 2 rings (SSSR count). The molecular weight excluding hydrogens is 219 g/mol. The van der Waals surface area contributed by atoms with Gasteiger partial charge in [-0.25, -0.2) is 4.39 Å². The molecule has 5 heteroatoms. The molecule has 0 saturated heterocycles. The standard InChI is InChI=1S/C12H11FN4/c1-17-5-4-11(16-17)8-15-10-3-2-9(7-14)12(13)6-10/h2-6,15H,8H2,1H3. The van der Waals surface area contributed by atoms with Crippen molar-refractivity contribution in [3.63, 3.8) is 0 Å². The van der Waals surface area contributed by atoms with E-state index in [9.17, 15) is 4.39 Å². The van der Waals surface area contributed by atoms with Crippen LogP contribution in [-0.4, -0.2) is 9.78 Å². The van der Waals surface area contributed by atoms with Crippen LogP contribution in [0.15, 0.2) is 30.5 Å². The molecule has 0 radical (unpaired) electrons. The maximum absolute atomic E-state index is 13.3. The Balaban J connectivity index is 2.05. The molecule has 1 N–H and O–H groups in total. The summed E-state index contributed by atoms with van der Waals surface area (Å²) in [6.45, 7) is 0.520. The highest BCUT2D eigenvalue weighted by Gasteiger charge is 2.03. The van der Waals surface area contributed by atoms with Gasteiger partial charge in [0.15, 0.2) is 0 Å². The van der Waals surface area contributed by atoms with Crippen LogP contribution in [0, 0.1) is 17.1 Å². The second-order valence-electron chi connectivity index (χ2n) is 3.64. The quantitative estimate of drug-likeness (QED) is 0.877. The molecule has 0 aliphatic rings. The van der Waals surface area contributed by atoms with E-state index in [0.717, 1.165) is 5.69 Å². The zero-order valence-corrected chi connectivity index (χ0v) is 9.31. The van der Waals surface area contributed by atoms with Gasteiger partial charge in [-0.1, -0.05) is 0 Å². The SMILES string of the molecule is Cn1ccc(CNc2ccc(C#N)c(F)c2)n1. The second kappa shape index (κ2) is 4.66. The van der Waals surface area contributed by atoms with Crippen molar-refractivity contribution in [1.82, 2.24) is 9.78 Å². The summed E-state index contributed by atoms with van der Waals surface area (Å²) in [5, 5.41) is 15.8. The summed E-state index contributed by atoms with van der Waals surface area (Å²) in [4.78, 5) is 0. The van der Waals surface area contributed by atoms with Gasteiger partial charge in [-0.15, -0.1) is 0 Å². The number of hydrogen-bond acceptors (Lipinski definition) is 3. The number of benzene rings is 1. The molecule has 0 saturated carbocycles. The Bertz CT molecular complexity index is 568. The predicted molar refractivity (Wildman–Crippen MR) is 61.6 cm³/mol. The third-order valence-electron chi connectivity index (χ3n) is 2.33. The van der Waals surface area contributed by atoms with Crippen LogP contribution in [0.2, 0.25) is 0 Å². The minimum atomic E-state index is -0.515. The number of nitrogens with zero attached hydrogens (tertiary/aromatic N) is 3. The lowest BCUT2D eigenvalue weighted by atomic mass is 10.2. The van der Waals surface area contributed by atoms with Crippen LogP contribution in [0.25, 0.3) is 0 Å². The fourth-order valence-electron chi connectivity index (χ4n) is 1.47. The van der Waals surface area contributed by atoms with Gasteiger partial charge < -0.3 is 5.32 Å². The summed E-state index contributed by atoms with van der Waals surface area (Å²) in [7, 11) is 1.84. The minimum absolute atomic E-state index is 0.0494. The van der Waals surface area contributed by atoms with Crippen molar-refractivity contribution in [2.45, 2.75) is 6.54 Å². The summed E-state index contributed by atoms with van der Waals surface area (Å²) in [6.07, 6.45) is 1.84. The number of nitriles is 1. The average molecular weight is 230 g/mol. The molecule has 4 nitrogen and oxygen atoms in total. The number of rotatable bonds is 3. The molecule has 0 unspecified atom stereocenters. The van der Waals surface area contributed by atoms with Crippen LogP contribution in [0.1, 0.15) is 11.3 Å². The predicted octanol–water partition coefficient (Wildman–Crippen LogP) is 2.04. The number of halogens is 1. The van der Waals surface area contributed by atoms with Crippen molar-refractivity contribution < 1.29 is 4.39 Å². The van der Waals surface area contributed by atoms with Crippen LogP contribution in [-0.2, 0) is 13.6 Å². The van der Waals surface area contributed by atoms with Gasteiger partial charge in [-0.2, -0.15) is 10.4 Å². The number of aromatic nitrogens is 2. The van der Waals surface area contributed by atoms with E-state index in [-0.39, 0.29) is 5.56 Å². The van der Waals surface area contributed by atoms with E-state index in [1.807, 2.05) is 19.3 Å². The van der Waals surface area contributed by atoms with E-state index in [2.05, 4.69) is 10.4 Å². The Morgan fingerprint density at radius 1 is 1.47 bits per heavy atom. The van der Waals surface area contributed by atoms with E-state index >= 15 is 0 Å². The number of anilines is 1. The van der Waals surface area contributed by atoms with Crippen molar-refractivity contribution in [2.75, 3.05) is 5.32 Å². The highest BCUT2D eigenvalue weighted by atomic mass is 19.1. The molecule has 1 heterocycles. The molecule has 17 heavy (non-hydrogen) atoms. The van der Waals surface area contributed by atoms with Crippen LogP contribution in [0.4, 0.5) is 10.1 Å². The van der Waals surface area contributed by atoms with Gasteiger partial charge in [0.25, 0.3) is 0 Å². The molecule has 86 valence electrons. The Morgan fingerprint density at radius 2 is 2.29 bits per heavy atom. The van der Waals surface area contributed by atoms with E-state index < -0.39 is 5.82 Å². The van der Waals surface area contributed by atoms with Gasteiger partial charge in [0.1, 0.15) is 11.9 Å². The second-order valence-corrected chi connectivity index (χ2v) is 3.64. The van der Waals surface area contributed by atoms with Gasteiger partial charge >= 0.3 is 0 Å². The third-order valence-corrected chi connectivity index (χ3v) is 2.33. The van der Waals surface area contributed by atoms with Crippen molar-refractivity contribution >= 4 is 5.69 Å². The zero-order valence-electron chi connectivity index (χ0n) is 9.31. The third kappa shape index (κ3) is 2.61. The monoisotopic (exact) mass is 230 g/mol. The highest BCUT2D eigenvalue weighted by molar-refractivity contribution is 5.48. The first kappa shape index (κ1) is 11.1. The van der Waals surface area contributed by atoms with Crippen molar-refractivity contribution in [2.24, 2.45) is 7.05 Å². The Morgan fingerprint density at radius 3 is 2.88 bits per heavy atom. The molecule has 0 fully saturated rings. The molecule has 0 spiro atoms. The molecular formula is C12H11FN4. The number of nitrogens with one attached hydrogen (secondary N) is 1. The lowest BCUT2D eigenvalue weighted by Crippen LogP contribution is -2.01. The fraction of sp³-hybridized carbons (Fsp3) is 0.167. The lowest BCUT2D eigenvalue weighted by Gasteiger charge is -2.04. The zero-order chi connectivity index (χ0) is 12.3. The van der Waals surface area contributed by atoms with Gasteiger partial charge in [0.05, 0.1) is 17.8 Å². The topological polar surface area (TPSA) is 53.6 Å². The first-order valence-corrected chi connectivity index (χ1v) is 5.11. The smallest absolute Gasteiger partial charge is 0.143 e. The van der Waals surface area contributed by atoms with Crippen LogP contribution in [0.3, 0.4) is 0 Å². The first-order valence-electron chi connectivity index (χ1n) is 5.11. The summed E-state index contributed by atoms with van der Waals surface area (Å²) in [5.41, 5.74) is 1.55. The largest absolute Gasteiger partial charge is 0.379 e. The molecule has 2 aromatic rings. The molecule has 1 aromatic heterocycles. The van der Waals surface area contributed by atoms with Crippen molar-refractivity contribution in [3.05, 3.63) is 47.5 Å². The molecule has 0 aliphatic heterocycles. The summed E-state index contributed by atoms with van der Waals surface area (Å²) < 4.78 is 15.0. The Labute approximate surface area is 98.3 Å². The highest BCUT2D eigenvalue weighted by Crippen LogP contribution is 2.14. The van der Waals surface area contributed by atoms with Crippen LogP contribution >= 0.6 is 0 Å². The Hall–Kier alpha value is -2.35. The molecule has 0 atom stereocenters. The lowest BCUT2D eigenvalue weighted by molar-refractivity contribution is 0.624. The molecule has 1 aromatic carbocycles. The molecule has 0 amide bonds. The summed E-state index contributed by atoms with van der Waals surface area (Å²) >= 11 is 0.